The van der Waals surface area contributed by atoms with Gasteiger partial charge in [0.2, 0.25) is 5.91 Å². The van der Waals surface area contributed by atoms with Crippen LogP contribution in [0.4, 0.5) is 10.1 Å². The van der Waals surface area contributed by atoms with E-state index in [4.69, 9.17) is 11.6 Å². The van der Waals surface area contributed by atoms with Crippen molar-refractivity contribution < 1.29 is 9.18 Å². The minimum absolute atomic E-state index is 0.0512. The molecule has 5 nitrogen and oxygen atoms in total. The average Bonchev–Trinajstić information content (AvgIpc) is 3.02. The minimum Gasteiger partial charge on any atom is -0.311 e. The van der Waals surface area contributed by atoms with E-state index in [-0.39, 0.29) is 16.2 Å². The molecule has 0 spiro atoms. The van der Waals surface area contributed by atoms with Gasteiger partial charge in [0, 0.05) is 19.3 Å². The first-order valence-electron chi connectivity index (χ1n) is 6.33. The van der Waals surface area contributed by atoms with Gasteiger partial charge in [-0.1, -0.05) is 23.4 Å². The van der Waals surface area contributed by atoms with Crippen LogP contribution < -0.4 is 4.90 Å². The zero-order valence-corrected chi connectivity index (χ0v) is 12.7. The molecule has 2 heterocycles. The Balaban J connectivity index is 1.77. The highest BCUT2D eigenvalue weighted by Crippen LogP contribution is 2.32. The Morgan fingerprint density at radius 3 is 2.95 bits per heavy atom. The quantitative estimate of drug-likeness (QED) is 0.869. The molecule has 21 heavy (non-hydrogen) atoms. The van der Waals surface area contributed by atoms with Gasteiger partial charge in [0.15, 0.2) is 5.16 Å². The maximum atomic E-state index is 13.5. The van der Waals surface area contributed by atoms with Crippen LogP contribution in [-0.2, 0) is 11.8 Å². The highest BCUT2D eigenvalue weighted by atomic mass is 35.5. The summed E-state index contributed by atoms with van der Waals surface area (Å²) in [7, 11) is 1.78. The van der Waals surface area contributed by atoms with Crippen LogP contribution in [0, 0.1) is 5.82 Å². The second kappa shape index (κ2) is 5.65. The lowest BCUT2D eigenvalue weighted by molar-refractivity contribution is -0.116. The number of hydrogen-bond donors (Lipinski definition) is 0. The number of thioether (sulfide) groups is 1. The Morgan fingerprint density at radius 1 is 1.48 bits per heavy atom. The molecular weight excluding hydrogens is 315 g/mol. The number of aromatic nitrogens is 3. The lowest BCUT2D eigenvalue weighted by Crippen LogP contribution is -2.28. The van der Waals surface area contributed by atoms with Crippen LogP contribution in [0.5, 0.6) is 0 Å². The minimum atomic E-state index is -0.522. The van der Waals surface area contributed by atoms with Gasteiger partial charge in [-0.15, -0.1) is 0 Å². The molecule has 0 N–H and O–H groups in total. The van der Waals surface area contributed by atoms with Gasteiger partial charge in [-0.25, -0.2) is 14.1 Å². The summed E-state index contributed by atoms with van der Waals surface area (Å²) in [6, 6.07) is 4.40. The number of nitrogens with zero attached hydrogens (tertiary/aromatic N) is 4. The van der Waals surface area contributed by atoms with E-state index in [1.807, 2.05) is 0 Å². The van der Waals surface area contributed by atoms with E-state index in [0.717, 1.165) is 0 Å². The topological polar surface area (TPSA) is 51.0 Å². The first-order valence-corrected chi connectivity index (χ1v) is 7.59. The lowest BCUT2D eigenvalue weighted by Gasteiger charge is -2.16. The van der Waals surface area contributed by atoms with Crippen LogP contribution in [0.1, 0.15) is 6.42 Å². The third-order valence-electron chi connectivity index (χ3n) is 3.29. The summed E-state index contributed by atoms with van der Waals surface area (Å²) in [5.74, 6) is -0.573. The second-order valence-electron chi connectivity index (χ2n) is 4.65. The molecule has 1 atom stereocenters. The SMILES string of the molecule is Cn1ncnc1S[C@@H]1CCN(c2ccc(Cl)c(F)c2)C1=O. The van der Waals surface area contributed by atoms with Crippen molar-refractivity contribution in [3.05, 3.63) is 35.4 Å². The summed E-state index contributed by atoms with van der Waals surface area (Å²) in [6.45, 7) is 0.551. The Bertz CT molecular complexity index is 693. The predicted octanol–water partition coefficient (Wildman–Crippen LogP) is 2.51. The third kappa shape index (κ3) is 2.75. The first-order chi connectivity index (χ1) is 10.1. The molecule has 1 aromatic heterocycles. The number of halogens is 2. The Hall–Kier alpha value is -1.60. The van der Waals surface area contributed by atoms with Gasteiger partial charge in [0.25, 0.3) is 0 Å². The molecule has 0 radical (unpaired) electrons. The summed E-state index contributed by atoms with van der Waals surface area (Å²) < 4.78 is 15.1. The largest absolute Gasteiger partial charge is 0.311 e. The van der Waals surface area contributed by atoms with Crippen molar-refractivity contribution in [3.8, 4) is 0 Å². The van der Waals surface area contributed by atoms with Gasteiger partial charge in [-0.05, 0) is 24.6 Å². The number of carbonyl (C=O) groups is 1. The van der Waals surface area contributed by atoms with Gasteiger partial charge in [0.1, 0.15) is 12.1 Å². The van der Waals surface area contributed by atoms with E-state index in [0.29, 0.717) is 23.8 Å². The predicted molar refractivity (Wildman–Crippen MR) is 79.0 cm³/mol. The molecule has 3 rings (SSSR count). The Labute approximate surface area is 130 Å². The number of amides is 1. The maximum absolute atomic E-state index is 13.5. The van der Waals surface area contributed by atoms with Crippen molar-refractivity contribution in [2.24, 2.45) is 7.05 Å². The van der Waals surface area contributed by atoms with E-state index in [1.165, 1.54) is 30.2 Å². The molecule has 1 fully saturated rings. The molecule has 1 aromatic carbocycles. The van der Waals surface area contributed by atoms with Crippen LogP contribution in [0.3, 0.4) is 0 Å². The van der Waals surface area contributed by atoms with E-state index in [2.05, 4.69) is 10.1 Å². The fraction of sp³-hybridized carbons (Fsp3) is 0.308. The summed E-state index contributed by atoms with van der Waals surface area (Å²) in [5.41, 5.74) is 0.531. The monoisotopic (exact) mass is 326 g/mol. The van der Waals surface area contributed by atoms with E-state index in [1.54, 1.807) is 22.7 Å². The molecule has 0 unspecified atom stereocenters. The Kier molecular flexibility index (Phi) is 3.86. The summed E-state index contributed by atoms with van der Waals surface area (Å²) in [5, 5.41) is 4.49. The molecule has 1 saturated heterocycles. The first kappa shape index (κ1) is 14.3. The fourth-order valence-electron chi connectivity index (χ4n) is 2.19. The van der Waals surface area contributed by atoms with Crippen molar-refractivity contribution in [1.82, 2.24) is 14.8 Å². The maximum Gasteiger partial charge on any atom is 0.240 e. The number of benzene rings is 1. The third-order valence-corrected chi connectivity index (χ3v) is 4.90. The lowest BCUT2D eigenvalue weighted by atomic mass is 10.3. The van der Waals surface area contributed by atoms with Crippen LogP contribution in [0.25, 0.3) is 0 Å². The number of anilines is 1. The Morgan fingerprint density at radius 2 is 2.29 bits per heavy atom. The second-order valence-corrected chi connectivity index (χ2v) is 6.23. The van der Waals surface area contributed by atoms with Gasteiger partial charge < -0.3 is 4.90 Å². The van der Waals surface area contributed by atoms with E-state index < -0.39 is 5.82 Å². The van der Waals surface area contributed by atoms with Crippen molar-refractivity contribution in [2.75, 3.05) is 11.4 Å². The standard InChI is InChI=1S/C13H12ClFN4OS/c1-18-13(16-7-17-18)21-11-4-5-19(12(11)20)8-2-3-9(14)10(15)6-8/h2-3,6-7,11H,4-5H2,1H3/t11-/m1/s1. The van der Waals surface area contributed by atoms with Crippen LogP contribution in [0.2, 0.25) is 5.02 Å². The van der Waals surface area contributed by atoms with Crippen molar-refractivity contribution in [2.45, 2.75) is 16.8 Å². The molecule has 8 heteroatoms. The zero-order valence-electron chi connectivity index (χ0n) is 11.2. The van der Waals surface area contributed by atoms with Crippen LogP contribution in [-0.4, -0.2) is 32.5 Å². The molecule has 2 aromatic rings. The van der Waals surface area contributed by atoms with Crippen LogP contribution in [0.15, 0.2) is 29.7 Å². The number of rotatable bonds is 3. The molecule has 1 aliphatic heterocycles. The molecule has 0 aliphatic carbocycles. The fourth-order valence-corrected chi connectivity index (χ4v) is 3.32. The summed E-state index contributed by atoms with van der Waals surface area (Å²) in [6.07, 6.45) is 2.13. The highest BCUT2D eigenvalue weighted by molar-refractivity contribution is 8.00. The van der Waals surface area contributed by atoms with Gasteiger partial charge in [0.05, 0.1) is 10.3 Å². The smallest absolute Gasteiger partial charge is 0.240 e. The van der Waals surface area contributed by atoms with E-state index >= 15 is 0 Å². The van der Waals surface area contributed by atoms with Gasteiger partial charge in [-0.2, -0.15) is 5.10 Å². The number of carbonyl (C=O) groups excluding carboxylic acids is 1. The zero-order chi connectivity index (χ0) is 15.0. The van der Waals surface area contributed by atoms with Crippen molar-refractivity contribution in [1.29, 1.82) is 0 Å². The molecule has 110 valence electrons. The summed E-state index contributed by atoms with van der Waals surface area (Å²) >= 11 is 7.04. The van der Waals surface area contributed by atoms with Crippen LogP contribution >= 0.6 is 23.4 Å². The van der Waals surface area contributed by atoms with Gasteiger partial charge >= 0.3 is 0 Å². The highest BCUT2D eigenvalue weighted by Gasteiger charge is 2.34. The number of hydrogen-bond acceptors (Lipinski definition) is 4. The van der Waals surface area contributed by atoms with Crippen molar-refractivity contribution >= 4 is 35.0 Å². The average molecular weight is 327 g/mol. The molecule has 0 bridgehead atoms. The summed E-state index contributed by atoms with van der Waals surface area (Å²) in [4.78, 5) is 18.1. The normalized spacial score (nSPS) is 18.5. The molecule has 1 aliphatic rings. The molecular formula is C13H12ClFN4OS. The van der Waals surface area contributed by atoms with Crippen molar-refractivity contribution in [3.63, 3.8) is 0 Å². The molecule has 0 saturated carbocycles. The van der Waals surface area contributed by atoms with Gasteiger partial charge in [-0.3, -0.25) is 4.79 Å². The number of aryl methyl sites for hydroxylation is 1. The van der Waals surface area contributed by atoms with E-state index in [9.17, 15) is 9.18 Å². The molecule has 1 amide bonds.